The van der Waals surface area contributed by atoms with Gasteiger partial charge in [-0.3, -0.25) is 9.59 Å². The SMILES string of the molecule is CC(=O)Nc1ccc(NC(=O)c2ccn(COc3ccc(Cl)cc3Br)n2)cc1. The molecule has 28 heavy (non-hydrogen) atoms. The Kier molecular flexibility index (Phi) is 6.33. The minimum atomic E-state index is -0.348. The maximum Gasteiger partial charge on any atom is 0.276 e. The van der Waals surface area contributed by atoms with Crippen molar-refractivity contribution in [1.29, 1.82) is 0 Å². The van der Waals surface area contributed by atoms with Gasteiger partial charge in [-0.15, -0.1) is 0 Å². The summed E-state index contributed by atoms with van der Waals surface area (Å²) in [6.45, 7) is 1.57. The fraction of sp³-hybridized carbons (Fsp3) is 0.105. The van der Waals surface area contributed by atoms with E-state index in [9.17, 15) is 9.59 Å². The Bertz CT molecular complexity index is 1000. The van der Waals surface area contributed by atoms with E-state index in [0.717, 1.165) is 4.47 Å². The first-order valence-corrected chi connectivity index (χ1v) is 9.38. The zero-order valence-corrected chi connectivity index (χ0v) is 17.1. The van der Waals surface area contributed by atoms with Crippen LogP contribution in [0.4, 0.5) is 11.4 Å². The number of aromatic nitrogens is 2. The maximum absolute atomic E-state index is 12.3. The second-order valence-electron chi connectivity index (χ2n) is 5.80. The number of nitrogens with zero attached hydrogens (tertiary/aromatic N) is 2. The van der Waals surface area contributed by atoms with Crippen LogP contribution in [0, 0.1) is 0 Å². The van der Waals surface area contributed by atoms with E-state index in [1.165, 1.54) is 11.6 Å². The Balaban J connectivity index is 1.58. The van der Waals surface area contributed by atoms with Crippen LogP contribution in [0.1, 0.15) is 17.4 Å². The predicted molar refractivity (Wildman–Crippen MR) is 111 cm³/mol. The van der Waals surface area contributed by atoms with Gasteiger partial charge in [0.25, 0.3) is 5.91 Å². The Morgan fingerprint density at radius 3 is 2.43 bits per heavy atom. The van der Waals surface area contributed by atoms with Crippen molar-refractivity contribution < 1.29 is 14.3 Å². The number of nitrogens with one attached hydrogen (secondary N) is 2. The predicted octanol–water partition coefficient (Wildman–Crippen LogP) is 4.55. The van der Waals surface area contributed by atoms with Crippen LogP contribution < -0.4 is 15.4 Å². The summed E-state index contributed by atoms with van der Waals surface area (Å²) >= 11 is 9.28. The summed E-state index contributed by atoms with van der Waals surface area (Å²) in [7, 11) is 0. The molecule has 2 N–H and O–H groups in total. The third-order valence-electron chi connectivity index (χ3n) is 3.58. The van der Waals surface area contributed by atoms with Crippen LogP contribution in [-0.4, -0.2) is 21.6 Å². The lowest BCUT2D eigenvalue weighted by molar-refractivity contribution is -0.114. The van der Waals surface area contributed by atoms with Gasteiger partial charge in [-0.2, -0.15) is 5.10 Å². The molecule has 144 valence electrons. The molecular weight excluding hydrogens is 448 g/mol. The molecule has 0 spiro atoms. The van der Waals surface area contributed by atoms with Gasteiger partial charge in [0, 0.05) is 29.5 Å². The largest absolute Gasteiger partial charge is 0.470 e. The van der Waals surface area contributed by atoms with Gasteiger partial charge >= 0.3 is 0 Å². The van der Waals surface area contributed by atoms with Gasteiger partial charge < -0.3 is 15.4 Å². The lowest BCUT2D eigenvalue weighted by Gasteiger charge is -2.08. The molecule has 0 atom stereocenters. The van der Waals surface area contributed by atoms with E-state index in [1.54, 1.807) is 54.7 Å². The molecule has 3 rings (SSSR count). The number of rotatable bonds is 6. The van der Waals surface area contributed by atoms with Crippen LogP contribution in [0.2, 0.25) is 5.02 Å². The lowest BCUT2D eigenvalue weighted by Crippen LogP contribution is -2.14. The smallest absolute Gasteiger partial charge is 0.276 e. The molecule has 0 fully saturated rings. The minimum Gasteiger partial charge on any atom is -0.470 e. The number of carbonyl (C=O) groups excluding carboxylic acids is 2. The van der Waals surface area contributed by atoms with Gasteiger partial charge in [0.2, 0.25) is 5.91 Å². The van der Waals surface area contributed by atoms with Crippen LogP contribution in [0.5, 0.6) is 5.75 Å². The second kappa shape index (κ2) is 8.90. The van der Waals surface area contributed by atoms with Crippen molar-refractivity contribution in [1.82, 2.24) is 9.78 Å². The fourth-order valence-corrected chi connectivity index (χ4v) is 3.12. The zero-order chi connectivity index (χ0) is 20.1. The van der Waals surface area contributed by atoms with Crippen molar-refractivity contribution in [2.24, 2.45) is 0 Å². The number of ether oxygens (including phenoxy) is 1. The first-order valence-electron chi connectivity index (χ1n) is 8.21. The molecule has 9 heteroatoms. The monoisotopic (exact) mass is 462 g/mol. The summed E-state index contributed by atoms with van der Waals surface area (Å²) in [6.07, 6.45) is 1.65. The van der Waals surface area contributed by atoms with Gasteiger partial charge in [-0.25, -0.2) is 4.68 Å². The molecule has 3 aromatic rings. The summed E-state index contributed by atoms with van der Waals surface area (Å²) in [5, 5.41) is 10.2. The molecule has 1 aromatic heterocycles. The van der Waals surface area contributed by atoms with Gasteiger partial charge in [0.1, 0.15) is 5.75 Å². The van der Waals surface area contributed by atoms with E-state index < -0.39 is 0 Å². The average Bonchev–Trinajstić information content (AvgIpc) is 3.11. The van der Waals surface area contributed by atoms with Gasteiger partial charge in [0.15, 0.2) is 12.4 Å². The normalized spacial score (nSPS) is 10.4. The molecule has 0 aliphatic rings. The van der Waals surface area contributed by atoms with E-state index in [0.29, 0.717) is 22.1 Å². The maximum atomic E-state index is 12.3. The summed E-state index contributed by atoms with van der Waals surface area (Å²) in [5.41, 5.74) is 1.50. The standard InChI is InChI=1S/C19H16BrClN4O3/c1-12(26)22-14-3-5-15(6-4-14)23-19(27)17-8-9-25(24-17)11-28-18-7-2-13(21)10-16(18)20/h2-10H,11H2,1H3,(H,22,26)(H,23,27). The van der Waals surface area contributed by atoms with Crippen LogP contribution in [0.3, 0.4) is 0 Å². The molecule has 2 amide bonds. The van der Waals surface area contributed by atoms with Gasteiger partial charge in [-0.05, 0) is 64.5 Å². The van der Waals surface area contributed by atoms with E-state index >= 15 is 0 Å². The second-order valence-corrected chi connectivity index (χ2v) is 7.09. The quantitative estimate of drug-likeness (QED) is 0.562. The van der Waals surface area contributed by atoms with E-state index in [-0.39, 0.29) is 24.2 Å². The third-order valence-corrected chi connectivity index (χ3v) is 4.44. The van der Waals surface area contributed by atoms with Gasteiger partial charge in [0.05, 0.1) is 4.47 Å². The summed E-state index contributed by atoms with van der Waals surface area (Å²) < 4.78 is 7.90. The van der Waals surface area contributed by atoms with Crippen molar-refractivity contribution in [3.63, 3.8) is 0 Å². The zero-order valence-electron chi connectivity index (χ0n) is 14.8. The molecule has 0 aliphatic carbocycles. The number of anilines is 2. The molecule has 0 saturated carbocycles. The highest BCUT2D eigenvalue weighted by Crippen LogP contribution is 2.28. The van der Waals surface area contributed by atoms with Crippen LogP contribution >= 0.6 is 27.5 Å². The molecule has 0 radical (unpaired) electrons. The molecule has 1 heterocycles. The Hall–Kier alpha value is -2.84. The molecule has 2 aromatic carbocycles. The third kappa shape index (κ3) is 5.34. The van der Waals surface area contributed by atoms with E-state index in [2.05, 4.69) is 31.7 Å². The summed E-state index contributed by atoms with van der Waals surface area (Å²) in [4.78, 5) is 23.4. The fourth-order valence-electron chi connectivity index (χ4n) is 2.32. The summed E-state index contributed by atoms with van der Waals surface area (Å²) in [6, 6.07) is 13.6. The van der Waals surface area contributed by atoms with Crippen LogP contribution in [0.15, 0.2) is 59.2 Å². The van der Waals surface area contributed by atoms with Gasteiger partial charge in [-0.1, -0.05) is 11.6 Å². The first-order chi connectivity index (χ1) is 13.4. The molecular formula is C19H16BrClN4O3. The number of hydrogen-bond donors (Lipinski definition) is 2. The molecule has 0 bridgehead atoms. The van der Waals surface area contributed by atoms with Crippen molar-refractivity contribution >= 4 is 50.7 Å². The highest BCUT2D eigenvalue weighted by atomic mass is 79.9. The van der Waals surface area contributed by atoms with Crippen LogP contribution in [-0.2, 0) is 11.5 Å². The molecule has 0 aliphatic heterocycles. The van der Waals surface area contributed by atoms with Crippen molar-refractivity contribution in [3.8, 4) is 5.75 Å². The minimum absolute atomic E-state index is 0.138. The van der Waals surface area contributed by atoms with Crippen molar-refractivity contribution in [2.75, 3.05) is 10.6 Å². The first kappa shape index (κ1) is 19.9. The number of hydrogen-bond acceptors (Lipinski definition) is 4. The van der Waals surface area contributed by atoms with E-state index in [4.69, 9.17) is 16.3 Å². The number of benzene rings is 2. The average molecular weight is 464 g/mol. The Morgan fingerprint density at radius 1 is 1.11 bits per heavy atom. The molecule has 0 unspecified atom stereocenters. The Labute approximate surface area is 174 Å². The molecule has 7 nitrogen and oxygen atoms in total. The number of carbonyl (C=O) groups is 2. The van der Waals surface area contributed by atoms with Crippen molar-refractivity contribution in [3.05, 3.63) is 69.9 Å². The van der Waals surface area contributed by atoms with Crippen molar-refractivity contribution in [2.45, 2.75) is 13.7 Å². The topological polar surface area (TPSA) is 85.2 Å². The highest BCUT2D eigenvalue weighted by Gasteiger charge is 2.11. The highest BCUT2D eigenvalue weighted by molar-refractivity contribution is 9.10. The number of amides is 2. The Morgan fingerprint density at radius 2 is 1.79 bits per heavy atom. The number of halogens is 2. The van der Waals surface area contributed by atoms with Crippen LogP contribution in [0.25, 0.3) is 0 Å². The summed E-state index contributed by atoms with van der Waals surface area (Å²) in [5.74, 6) is 0.110. The van der Waals surface area contributed by atoms with E-state index in [1.807, 2.05) is 0 Å². The molecule has 0 saturated heterocycles. The lowest BCUT2D eigenvalue weighted by atomic mass is 10.2.